The van der Waals surface area contributed by atoms with E-state index in [1.807, 2.05) is 12.1 Å². The van der Waals surface area contributed by atoms with Crippen LogP contribution in [0.1, 0.15) is 6.42 Å². The number of aromatic nitrogens is 2. The normalized spacial score (nSPS) is 31.6. The molecular formula is C15H17N5O2S. The molecule has 1 N–H and O–H groups in total. The number of hydrogen-bond donors (Lipinski definition) is 1. The predicted molar refractivity (Wildman–Crippen MR) is 88.3 cm³/mol. The Morgan fingerprint density at radius 1 is 1.43 bits per heavy atom. The van der Waals surface area contributed by atoms with Gasteiger partial charge in [0.05, 0.1) is 13.7 Å². The Labute approximate surface area is 137 Å². The van der Waals surface area contributed by atoms with Gasteiger partial charge in [0, 0.05) is 25.1 Å². The summed E-state index contributed by atoms with van der Waals surface area (Å²) < 4.78 is 11.4. The first-order valence-electron chi connectivity index (χ1n) is 7.78. The van der Waals surface area contributed by atoms with Gasteiger partial charge in [0.1, 0.15) is 15.9 Å². The monoisotopic (exact) mass is 331 g/mol. The topological polar surface area (TPSA) is 71.9 Å². The number of piperidine rings is 1. The van der Waals surface area contributed by atoms with Crippen molar-refractivity contribution in [1.29, 1.82) is 0 Å². The van der Waals surface area contributed by atoms with Gasteiger partial charge in [-0.1, -0.05) is 11.3 Å². The summed E-state index contributed by atoms with van der Waals surface area (Å²) >= 11 is 1.48. The molecular weight excluding hydrogens is 314 g/mol. The number of pyridine rings is 1. The van der Waals surface area contributed by atoms with Crippen LogP contribution in [0, 0.1) is 5.92 Å². The van der Waals surface area contributed by atoms with Crippen molar-refractivity contribution in [1.82, 2.24) is 14.9 Å². The molecule has 2 aromatic heterocycles. The number of aliphatic imine (C=N–C) groups is 1. The Morgan fingerprint density at radius 2 is 2.39 bits per heavy atom. The van der Waals surface area contributed by atoms with Crippen LogP contribution in [0.2, 0.25) is 0 Å². The van der Waals surface area contributed by atoms with Crippen LogP contribution in [-0.2, 0) is 4.74 Å². The van der Waals surface area contributed by atoms with E-state index in [0.29, 0.717) is 17.8 Å². The van der Waals surface area contributed by atoms with Crippen molar-refractivity contribution in [3.8, 4) is 5.88 Å². The highest BCUT2D eigenvalue weighted by atomic mass is 32.1. The molecule has 23 heavy (non-hydrogen) atoms. The minimum Gasteiger partial charge on any atom is -0.481 e. The molecule has 3 atom stereocenters. The van der Waals surface area contributed by atoms with Crippen molar-refractivity contribution in [2.75, 3.05) is 38.6 Å². The van der Waals surface area contributed by atoms with Crippen molar-refractivity contribution in [2.45, 2.75) is 12.0 Å². The van der Waals surface area contributed by atoms with Crippen LogP contribution in [0.5, 0.6) is 5.88 Å². The molecule has 0 radical (unpaired) electrons. The van der Waals surface area contributed by atoms with Crippen LogP contribution >= 0.6 is 11.3 Å². The Hall–Kier alpha value is -1.93. The molecule has 8 heteroatoms. The van der Waals surface area contributed by atoms with Crippen LogP contribution in [0.3, 0.4) is 0 Å². The Morgan fingerprint density at radius 3 is 3.17 bits per heavy atom. The van der Waals surface area contributed by atoms with E-state index in [1.165, 1.54) is 24.3 Å². The molecule has 3 aliphatic rings. The number of hydrogen-bond acceptors (Lipinski definition) is 8. The zero-order chi connectivity index (χ0) is 15.4. The summed E-state index contributed by atoms with van der Waals surface area (Å²) in [6, 6.07) is 4.31. The van der Waals surface area contributed by atoms with Crippen molar-refractivity contribution in [3.05, 3.63) is 12.1 Å². The highest BCUT2D eigenvalue weighted by Crippen LogP contribution is 2.41. The fourth-order valence-corrected chi connectivity index (χ4v) is 4.61. The molecule has 1 spiro atoms. The number of fused-ring (bicyclic) bond motifs is 4. The van der Waals surface area contributed by atoms with Gasteiger partial charge < -0.3 is 9.47 Å². The molecule has 5 rings (SSSR count). The van der Waals surface area contributed by atoms with Crippen LogP contribution in [0.4, 0.5) is 5.13 Å². The van der Waals surface area contributed by atoms with Gasteiger partial charge in [0.15, 0.2) is 5.13 Å². The molecule has 2 bridgehead atoms. The van der Waals surface area contributed by atoms with E-state index in [2.05, 4.69) is 25.2 Å². The molecule has 0 amide bonds. The molecule has 0 saturated carbocycles. The fourth-order valence-electron chi connectivity index (χ4n) is 3.79. The second-order valence-electron chi connectivity index (χ2n) is 6.33. The maximum Gasteiger partial charge on any atom is 0.291 e. The molecule has 2 fully saturated rings. The summed E-state index contributed by atoms with van der Waals surface area (Å²) in [4.78, 5) is 16.8. The second-order valence-corrected chi connectivity index (χ2v) is 7.31. The molecule has 3 unspecified atom stereocenters. The third-order valence-corrected chi connectivity index (χ3v) is 5.83. The van der Waals surface area contributed by atoms with Crippen LogP contribution < -0.4 is 10.1 Å². The molecule has 3 aliphatic heterocycles. The molecule has 7 nitrogen and oxygen atoms in total. The van der Waals surface area contributed by atoms with Gasteiger partial charge in [-0.15, -0.1) is 0 Å². The smallest absolute Gasteiger partial charge is 0.291 e. The minimum atomic E-state index is -0.112. The lowest BCUT2D eigenvalue weighted by Gasteiger charge is -2.31. The highest BCUT2D eigenvalue weighted by Gasteiger charge is 2.54. The number of ether oxygens (including phenoxy) is 2. The number of anilines is 1. The Kier molecular flexibility index (Phi) is 2.81. The summed E-state index contributed by atoms with van der Waals surface area (Å²) in [5, 5.41) is 3.96. The van der Waals surface area contributed by atoms with Crippen LogP contribution in [0.25, 0.3) is 10.3 Å². The fraction of sp³-hybridized carbons (Fsp3) is 0.533. The van der Waals surface area contributed by atoms with Gasteiger partial charge in [0.2, 0.25) is 5.88 Å². The number of thiazole rings is 1. The Bertz CT molecular complexity index is 806. The first-order valence-corrected chi connectivity index (χ1v) is 8.60. The molecule has 5 heterocycles. The summed E-state index contributed by atoms with van der Waals surface area (Å²) in [6.45, 7) is 4.08. The first kappa shape index (κ1) is 13.5. The molecule has 120 valence electrons. The third kappa shape index (κ3) is 2.08. The zero-order valence-corrected chi connectivity index (χ0v) is 13.6. The van der Waals surface area contributed by atoms with Gasteiger partial charge >= 0.3 is 0 Å². The van der Waals surface area contributed by atoms with Crippen molar-refractivity contribution in [2.24, 2.45) is 10.9 Å². The molecule has 2 aromatic rings. The number of nitrogens with one attached hydrogen (secondary N) is 1. The SMILES string of the molecule is COc1ccc2nc(NC3=NCC4(CN5CCC4C5)O3)sc2n1. The maximum absolute atomic E-state index is 6.21. The molecule has 2 saturated heterocycles. The largest absolute Gasteiger partial charge is 0.481 e. The summed E-state index contributed by atoms with van der Waals surface area (Å²) in [5.41, 5.74) is 0.733. The van der Waals surface area contributed by atoms with E-state index in [9.17, 15) is 0 Å². The van der Waals surface area contributed by atoms with E-state index < -0.39 is 0 Å². The summed E-state index contributed by atoms with van der Waals surface area (Å²) in [6.07, 6.45) is 1.22. The van der Waals surface area contributed by atoms with Crippen molar-refractivity contribution < 1.29 is 9.47 Å². The zero-order valence-electron chi connectivity index (χ0n) is 12.8. The number of rotatable bonds is 2. The number of methoxy groups -OCH3 is 1. The minimum absolute atomic E-state index is 0.112. The lowest BCUT2D eigenvalue weighted by molar-refractivity contribution is 0.0364. The first-order chi connectivity index (χ1) is 11.2. The van der Waals surface area contributed by atoms with Gasteiger partial charge in [-0.05, 0) is 19.0 Å². The maximum atomic E-state index is 6.21. The van der Waals surface area contributed by atoms with Gasteiger partial charge in [0.25, 0.3) is 6.02 Å². The quantitative estimate of drug-likeness (QED) is 0.901. The van der Waals surface area contributed by atoms with E-state index in [0.717, 1.165) is 35.1 Å². The highest BCUT2D eigenvalue weighted by molar-refractivity contribution is 7.21. The second kappa shape index (κ2) is 4.78. The predicted octanol–water partition coefficient (Wildman–Crippen LogP) is 1.57. The van der Waals surface area contributed by atoms with E-state index in [1.54, 1.807) is 7.11 Å². The van der Waals surface area contributed by atoms with Crippen LogP contribution in [0.15, 0.2) is 17.1 Å². The van der Waals surface area contributed by atoms with E-state index in [4.69, 9.17) is 9.47 Å². The molecule has 0 aromatic carbocycles. The van der Waals surface area contributed by atoms with E-state index in [-0.39, 0.29) is 5.60 Å². The lowest BCUT2D eigenvalue weighted by Crippen LogP contribution is -2.46. The van der Waals surface area contributed by atoms with E-state index >= 15 is 0 Å². The van der Waals surface area contributed by atoms with Crippen molar-refractivity contribution in [3.63, 3.8) is 0 Å². The van der Waals surface area contributed by atoms with Gasteiger partial charge in [-0.2, -0.15) is 0 Å². The lowest BCUT2D eigenvalue weighted by atomic mass is 9.88. The molecule has 0 aliphatic carbocycles. The third-order valence-electron chi connectivity index (χ3n) is 4.95. The number of amidine groups is 1. The average molecular weight is 331 g/mol. The Balaban J connectivity index is 1.34. The van der Waals surface area contributed by atoms with Crippen LogP contribution in [-0.4, -0.2) is 59.8 Å². The average Bonchev–Trinajstić information content (AvgIpc) is 3.31. The van der Waals surface area contributed by atoms with Gasteiger partial charge in [-0.25, -0.2) is 15.0 Å². The van der Waals surface area contributed by atoms with Gasteiger partial charge in [-0.3, -0.25) is 10.2 Å². The van der Waals surface area contributed by atoms with Crippen molar-refractivity contribution >= 4 is 32.8 Å². The summed E-state index contributed by atoms with van der Waals surface area (Å²) in [7, 11) is 1.61. The standard InChI is InChI=1S/C15H17N5O2S/c1-21-11-3-2-10-12(18-11)23-14(17-10)19-13-16-7-15(22-13)8-20-5-4-9(15)6-20/h2-3,9H,4-8H2,1H3,(H,16,17,19). The number of nitrogens with zero attached hydrogens (tertiary/aromatic N) is 4. The summed E-state index contributed by atoms with van der Waals surface area (Å²) in [5.74, 6) is 1.20.